The zero-order chi connectivity index (χ0) is 14.3. The van der Waals surface area contributed by atoms with Gasteiger partial charge in [-0.3, -0.25) is 0 Å². The number of H-pyrrole nitrogens is 1. The molecule has 0 amide bonds. The lowest BCUT2D eigenvalue weighted by molar-refractivity contribution is 0.437. The van der Waals surface area contributed by atoms with Crippen molar-refractivity contribution in [3.8, 4) is 0 Å². The highest BCUT2D eigenvalue weighted by molar-refractivity contribution is 5.89. The fraction of sp³-hybridized carbons (Fsp3) is 0.600. The van der Waals surface area contributed by atoms with Crippen LogP contribution in [0.1, 0.15) is 25.5 Å². The highest BCUT2D eigenvalue weighted by Gasteiger charge is 2.21. The van der Waals surface area contributed by atoms with Gasteiger partial charge in [-0.05, 0) is 31.7 Å². The van der Waals surface area contributed by atoms with Crippen LogP contribution in [0.25, 0.3) is 11.0 Å². The van der Waals surface area contributed by atoms with Crippen LogP contribution in [-0.4, -0.2) is 42.1 Å². The van der Waals surface area contributed by atoms with E-state index in [1.165, 1.54) is 12.8 Å². The smallest absolute Gasteiger partial charge is 0.228 e. The maximum atomic E-state index is 4.78. The van der Waals surface area contributed by atoms with Gasteiger partial charge in [0, 0.05) is 32.9 Å². The van der Waals surface area contributed by atoms with Crippen molar-refractivity contribution in [2.24, 2.45) is 5.92 Å². The molecule has 0 aromatic carbocycles. The summed E-state index contributed by atoms with van der Waals surface area (Å²) >= 11 is 0. The first-order valence-corrected chi connectivity index (χ1v) is 7.34. The molecule has 0 unspecified atom stereocenters. The summed E-state index contributed by atoms with van der Waals surface area (Å²) in [5.41, 5.74) is 2.08. The van der Waals surface area contributed by atoms with E-state index >= 15 is 0 Å². The molecule has 0 bridgehead atoms. The first kappa shape index (κ1) is 13.2. The molecular formula is C15H23N5. The van der Waals surface area contributed by atoms with Crippen LogP contribution in [0, 0.1) is 12.8 Å². The molecule has 0 radical (unpaired) electrons. The minimum absolute atomic E-state index is 0.771. The number of aryl methyl sites for hydroxylation is 1. The van der Waals surface area contributed by atoms with Crippen LogP contribution in [-0.2, 0) is 0 Å². The van der Waals surface area contributed by atoms with E-state index in [9.17, 15) is 0 Å². The van der Waals surface area contributed by atoms with Gasteiger partial charge in [0.2, 0.25) is 5.95 Å². The second-order valence-electron chi connectivity index (χ2n) is 6.13. The number of aromatic nitrogens is 3. The standard InChI is InChI=1S/C15H23N5/c1-10-5-7-20(8-6-10)14-12-9-11(2)16-13(12)17-15(18-14)19(3)4/h9-10H,5-8H2,1-4H3,(H,16,17,18). The first-order chi connectivity index (χ1) is 9.54. The van der Waals surface area contributed by atoms with Gasteiger partial charge in [0.1, 0.15) is 11.5 Å². The van der Waals surface area contributed by atoms with Crippen LogP contribution in [0.2, 0.25) is 0 Å². The summed E-state index contributed by atoms with van der Waals surface area (Å²) in [6, 6.07) is 2.15. The summed E-state index contributed by atoms with van der Waals surface area (Å²) in [4.78, 5) is 17.1. The number of anilines is 2. The lowest BCUT2D eigenvalue weighted by atomic mass is 9.99. The Morgan fingerprint density at radius 1 is 1.25 bits per heavy atom. The molecule has 2 aromatic heterocycles. The third-order valence-corrected chi connectivity index (χ3v) is 4.07. The van der Waals surface area contributed by atoms with Gasteiger partial charge in [0.25, 0.3) is 0 Å². The van der Waals surface area contributed by atoms with Gasteiger partial charge in [-0.15, -0.1) is 0 Å². The van der Waals surface area contributed by atoms with Gasteiger partial charge < -0.3 is 14.8 Å². The maximum Gasteiger partial charge on any atom is 0.228 e. The molecule has 0 aliphatic carbocycles. The molecule has 1 N–H and O–H groups in total. The van der Waals surface area contributed by atoms with Crippen molar-refractivity contribution in [2.75, 3.05) is 37.0 Å². The van der Waals surface area contributed by atoms with Crippen LogP contribution in [0.5, 0.6) is 0 Å². The average molecular weight is 273 g/mol. The van der Waals surface area contributed by atoms with Crippen LogP contribution in [0.4, 0.5) is 11.8 Å². The zero-order valence-electron chi connectivity index (χ0n) is 12.8. The molecule has 1 fully saturated rings. The Hall–Kier alpha value is -1.78. The molecule has 20 heavy (non-hydrogen) atoms. The normalized spacial score (nSPS) is 16.9. The second kappa shape index (κ2) is 4.96. The van der Waals surface area contributed by atoms with Crippen LogP contribution >= 0.6 is 0 Å². The van der Waals surface area contributed by atoms with Gasteiger partial charge in [0.05, 0.1) is 5.39 Å². The molecular weight excluding hydrogens is 250 g/mol. The molecule has 108 valence electrons. The predicted molar refractivity (Wildman–Crippen MR) is 83.6 cm³/mol. The highest BCUT2D eigenvalue weighted by atomic mass is 15.3. The average Bonchev–Trinajstić information content (AvgIpc) is 2.78. The first-order valence-electron chi connectivity index (χ1n) is 7.34. The number of nitrogens with one attached hydrogen (secondary N) is 1. The Kier molecular flexibility index (Phi) is 3.28. The monoisotopic (exact) mass is 273 g/mol. The Bertz CT molecular complexity index is 608. The van der Waals surface area contributed by atoms with Crippen molar-refractivity contribution in [3.05, 3.63) is 11.8 Å². The lowest BCUT2D eigenvalue weighted by Crippen LogP contribution is -2.33. The third kappa shape index (κ3) is 2.32. The van der Waals surface area contributed by atoms with Gasteiger partial charge in [0.15, 0.2) is 0 Å². The minimum Gasteiger partial charge on any atom is -0.356 e. The van der Waals surface area contributed by atoms with Gasteiger partial charge >= 0.3 is 0 Å². The fourth-order valence-electron chi connectivity index (χ4n) is 2.78. The molecule has 3 heterocycles. The van der Waals surface area contributed by atoms with Crippen molar-refractivity contribution < 1.29 is 0 Å². The number of nitrogens with zero attached hydrogens (tertiary/aromatic N) is 4. The molecule has 3 rings (SSSR count). The second-order valence-corrected chi connectivity index (χ2v) is 6.13. The molecule has 1 saturated heterocycles. The molecule has 2 aromatic rings. The SMILES string of the molecule is Cc1cc2c(N3CCC(C)CC3)nc(N(C)C)nc2[nH]1. The van der Waals surface area contributed by atoms with Crippen molar-refractivity contribution in [2.45, 2.75) is 26.7 Å². The summed E-state index contributed by atoms with van der Waals surface area (Å²) in [5, 5.41) is 1.14. The Balaban J connectivity index is 2.07. The van der Waals surface area contributed by atoms with E-state index in [0.29, 0.717) is 0 Å². The summed E-state index contributed by atoms with van der Waals surface area (Å²) in [7, 11) is 3.97. The van der Waals surface area contributed by atoms with Crippen molar-refractivity contribution in [1.82, 2.24) is 15.0 Å². The number of aromatic amines is 1. The van der Waals surface area contributed by atoms with Crippen LogP contribution in [0.15, 0.2) is 6.07 Å². The molecule has 0 atom stereocenters. The number of piperidine rings is 1. The summed E-state index contributed by atoms with van der Waals surface area (Å²) < 4.78 is 0. The van der Waals surface area contributed by atoms with E-state index in [1.54, 1.807) is 0 Å². The molecule has 1 aliphatic rings. The fourth-order valence-corrected chi connectivity index (χ4v) is 2.78. The van der Waals surface area contributed by atoms with Crippen molar-refractivity contribution in [3.63, 3.8) is 0 Å². The van der Waals surface area contributed by atoms with Crippen molar-refractivity contribution in [1.29, 1.82) is 0 Å². The summed E-state index contributed by atoms with van der Waals surface area (Å²) in [6.07, 6.45) is 2.48. The topological polar surface area (TPSA) is 48.1 Å². The largest absolute Gasteiger partial charge is 0.356 e. The van der Waals surface area contributed by atoms with Crippen LogP contribution < -0.4 is 9.80 Å². The third-order valence-electron chi connectivity index (χ3n) is 4.07. The van der Waals surface area contributed by atoms with E-state index in [4.69, 9.17) is 4.98 Å². The lowest BCUT2D eigenvalue weighted by Gasteiger charge is -2.32. The van der Waals surface area contributed by atoms with Gasteiger partial charge in [-0.25, -0.2) is 0 Å². The van der Waals surface area contributed by atoms with Crippen molar-refractivity contribution >= 4 is 22.8 Å². The van der Waals surface area contributed by atoms with E-state index in [2.05, 4.69) is 34.8 Å². The Labute approximate surface area is 120 Å². The molecule has 5 heteroatoms. The molecule has 1 aliphatic heterocycles. The molecule has 5 nitrogen and oxygen atoms in total. The van der Waals surface area contributed by atoms with E-state index < -0.39 is 0 Å². The molecule has 0 spiro atoms. The zero-order valence-corrected chi connectivity index (χ0v) is 12.8. The quantitative estimate of drug-likeness (QED) is 0.913. The Morgan fingerprint density at radius 2 is 1.95 bits per heavy atom. The summed E-state index contributed by atoms with van der Waals surface area (Å²) in [6.45, 7) is 6.58. The van der Waals surface area contributed by atoms with Crippen LogP contribution in [0.3, 0.4) is 0 Å². The van der Waals surface area contributed by atoms with E-state index in [-0.39, 0.29) is 0 Å². The highest BCUT2D eigenvalue weighted by Crippen LogP contribution is 2.29. The number of fused-ring (bicyclic) bond motifs is 1. The summed E-state index contributed by atoms with van der Waals surface area (Å²) in [5.74, 6) is 2.67. The predicted octanol–water partition coefficient (Wildman–Crippen LogP) is 2.57. The number of hydrogen-bond donors (Lipinski definition) is 1. The minimum atomic E-state index is 0.771. The van der Waals surface area contributed by atoms with Gasteiger partial charge in [-0.2, -0.15) is 9.97 Å². The number of rotatable bonds is 2. The van der Waals surface area contributed by atoms with E-state index in [0.717, 1.165) is 47.5 Å². The Morgan fingerprint density at radius 3 is 2.60 bits per heavy atom. The van der Waals surface area contributed by atoms with Gasteiger partial charge in [-0.1, -0.05) is 6.92 Å². The maximum absolute atomic E-state index is 4.78. The number of hydrogen-bond acceptors (Lipinski definition) is 4. The van der Waals surface area contributed by atoms with E-state index in [1.807, 2.05) is 19.0 Å². The molecule has 0 saturated carbocycles.